The van der Waals surface area contributed by atoms with Crippen LogP contribution in [0, 0.1) is 23.7 Å². The Labute approximate surface area is 170 Å². The lowest BCUT2D eigenvalue weighted by molar-refractivity contribution is -0.172. The summed E-state index contributed by atoms with van der Waals surface area (Å²) in [5.41, 5.74) is 0.136. The van der Waals surface area contributed by atoms with Crippen LogP contribution in [0.5, 0.6) is 0 Å². The molecule has 11 heteroatoms. The van der Waals surface area contributed by atoms with Crippen LogP contribution in [0.3, 0.4) is 0 Å². The van der Waals surface area contributed by atoms with E-state index in [4.69, 9.17) is 23.7 Å². The van der Waals surface area contributed by atoms with Crippen molar-refractivity contribution in [1.29, 1.82) is 0 Å². The van der Waals surface area contributed by atoms with Crippen LogP contribution in [0.1, 0.15) is 13.3 Å². The monoisotopic (exact) mass is 424 g/mol. The average molecular weight is 424 g/mol. The molecule has 2 saturated heterocycles. The van der Waals surface area contributed by atoms with Crippen LogP contribution in [0.25, 0.3) is 0 Å². The van der Waals surface area contributed by atoms with Gasteiger partial charge in [0.2, 0.25) is 0 Å². The number of rotatable bonds is 7. The van der Waals surface area contributed by atoms with Crippen molar-refractivity contribution in [2.75, 3.05) is 19.8 Å². The van der Waals surface area contributed by atoms with Gasteiger partial charge in [-0.05, 0) is 13.3 Å². The summed E-state index contributed by atoms with van der Waals surface area (Å²) >= 11 is 0. The van der Waals surface area contributed by atoms with E-state index in [0.717, 1.165) is 0 Å². The molecule has 4 aliphatic rings. The van der Waals surface area contributed by atoms with Gasteiger partial charge in [-0.3, -0.25) is 9.59 Å². The van der Waals surface area contributed by atoms with E-state index < -0.39 is 72.7 Å². The van der Waals surface area contributed by atoms with Crippen molar-refractivity contribution in [3.05, 3.63) is 12.2 Å². The van der Waals surface area contributed by atoms with Crippen LogP contribution in [0.2, 0.25) is 0 Å². The van der Waals surface area contributed by atoms with E-state index in [1.54, 1.807) is 0 Å². The smallest absolute Gasteiger partial charge is 0.461 e. The predicted octanol–water partition coefficient (Wildman–Crippen LogP) is -0.0964. The van der Waals surface area contributed by atoms with Crippen LogP contribution < -0.4 is 0 Å². The van der Waals surface area contributed by atoms with E-state index in [2.05, 4.69) is 11.3 Å². The molecule has 2 aliphatic heterocycles. The standard InChI is InChI=1S/C19H20O11/c1-7(2)16(21)26-6-11(20)29-14-9-3-10-13(18(23)30-15(10)14)12(9)17(22)25-4-8-5-27-19(24)28-8/h8-10,12-15H,1,3-6H2,2H3. The summed E-state index contributed by atoms with van der Waals surface area (Å²) in [5, 5.41) is 0. The Kier molecular flexibility index (Phi) is 5.12. The molecule has 162 valence electrons. The highest BCUT2D eigenvalue weighted by atomic mass is 16.8. The maximum absolute atomic E-state index is 12.7. The molecule has 7 atom stereocenters. The molecule has 2 aliphatic carbocycles. The third-order valence-electron chi connectivity index (χ3n) is 5.82. The third kappa shape index (κ3) is 3.48. The highest BCUT2D eigenvalue weighted by Gasteiger charge is 2.70. The molecule has 0 aromatic heterocycles. The van der Waals surface area contributed by atoms with Crippen molar-refractivity contribution in [2.45, 2.75) is 31.7 Å². The minimum atomic E-state index is -0.838. The maximum atomic E-state index is 12.7. The molecule has 7 unspecified atom stereocenters. The molecule has 2 bridgehead atoms. The number of carbonyl (C=O) groups excluding carboxylic acids is 5. The Bertz CT molecular complexity index is 817. The molecule has 4 fully saturated rings. The van der Waals surface area contributed by atoms with Crippen LogP contribution in [0.15, 0.2) is 12.2 Å². The number of fused-ring (bicyclic) bond motifs is 1. The van der Waals surface area contributed by atoms with Gasteiger partial charge in [-0.15, -0.1) is 0 Å². The normalized spacial score (nSPS) is 35.3. The number of esters is 4. The third-order valence-corrected chi connectivity index (χ3v) is 5.82. The molecular formula is C19H20O11. The predicted molar refractivity (Wildman–Crippen MR) is 91.3 cm³/mol. The number of hydrogen-bond acceptors (Lipinski definition) is 11. The molecule has 4 rings (SSSR count). The summed E-state index contributed by atoms with van der Waals surface area (Å²) in [5.74, 6) is -4.95. The fourth-order valence-corrected chi connectivity index (χ4v) is 4.62. The Morgan fingerprint density at radius 3 is 2.57 bits per heavy atom. The zero-order valence-corrected chi connectivity index (χ0v) is 16.1. The van der Waals surface area contributed by atoms with E-state index >= 15 is 0 Å². The van der Waals surface area contributed by atoms with E-state index in [-0.39, 0.29) is 24.7 Å². The van der Waals surface area contributed by atoms with Gasteiger partial charge in [0.25, 0.3) is 0 Å². The van der Waals surface area contributed by atoms with Crippen LogP contribution >= 0.6 is 0 Å². The second-order valence-electron chi connectivity index (χ2n) is 7.76. The van der Waals surface area contributed by atoms with Gasteiger partial charge in [0, 0.05) is 17.4 Å². The SMILES string of the molecule is C=C(C)C(=O)OCC(=O)OC1C2CC3C1OC(=O)C3C2C(=O)OCC1COC(=O)O1. The molecule has 0 N–H and O–H groups in total. The second kappa shape index (κ2) is 7.62. The largest absolute Gasteiger partial charge is 0.508 e. The van der Waals surface area contributed by atoms with E-state index in [1.165, 1.54) is 6.92 Å². The lowest BCUT2D eigenvalue weighted by atomic mass is 9.78. The number of ether oxygens (including phenoxy) is 6. The topological polar surface area (TPSA) is 141 Å². The van der Waals surface area contributed by atoms with Gasteiger partial charge in [0.15, 0.2) is 12.7 Å². The van der Waals surface area contributed by atoms with Crippen molar-refractivity contribution in [1.82, 2.24) is 0 Å². The van der Waals surface area contributed by atoms with Gasteiger partial charge < -0.3 is 28.4 Å². The number of hydrogen-bond donors (Lipinski definition) is 0. The zero-order valence-electron chi connectivity index (χ0n) is 16.1. The van der Waals surface area contributed by atoms with Crippen molar-refractivity contribution in [2.24, 2.45) is 23.7 Å². The first kappa shape index (κ1) is 20.2. The zero-order chi connectivity index (χ0) is 21.6. The summed E-state index contributed by atoms with van der Waals surface area (Å²) in [6, 6.07) is 0. The Hall–Kier alpha value is -3.11. The van der Waals surface area contributed by atoms with Gasteiger partial charge in [-0.1, -0.05) is 6.58 Å². The Morgan fingerprint density at radius 2 is 1.90 bits per heavy atom. The Morgan fingerprint density at radius 1 is 1.13 bits per heavy atom. The van der Waals surface area contributed by atoms with Gasteiger partial charge in [-0.2, -0.15) is 0 Å². The first-order valence-corrected chi connectivity index (χ1v) is 9.49. The average Bonchev–Trinajstić information content (AvgIpc) is 3.41. The summed E-state index contributed by atoms with van der Waals surface area (Å²) in [7, 11) is 0. The molecule has 0 amide bonds. The van der Waals surface area contributed by atoms with Crippen LogP contribution in [-0.2, 0) is 47.6 Å². The highest BCUT2D eigenvalue weighted by Crippen LogP contribution is 2.59. The van der Waals surface area contributed by atoms with Crippen molar-refractivity contribution in [3.63, 3.8) is 0 Å². The molecule has 30 heavy (non-hydrogen) atoms. The molecular weight excluding hydrogens is 404 g/mol. The Balaban J connectivity index is 1.38. The molecule has 11 nitrogen and oxygen atoms in total. The summed E-state index contributed by atoms with van der Waals surface area (Å²) < 4.78 is 30.2. The van der Waals surface area contributed by atoms with E-state index in [9.17, 15) is 24.0 Å². The fourth-order valence-electron chi connectivity index (χ4n) is 4.62. The number of cyclic esters (lactones) is 2. The van der Waals surface area contributed by atoms with Crippen LogP contribution in [0.4, 0.5) is 4.79 Å². The minimum Gasteiger partial charge on any atom is -0.461 e. The van der Waals surface area contributed by atoms with Crippen molar-refractivity contribution < 1.29 is 52.4 Å². The lowest BCUT2D eigenvalue weighted by Crippen LogP contribution is -2.44. The van der Waals surface area contributed by atoms with Gasteiger partial charge in [-0.25, -0.2) is 14.4 Å². The summed E-state index contributed by atoms with van der Waals surface area (Å²) in [6.07, 6.45) is -2.55. The van der Waals surface area contributed by atoms with Gasteiger partial charge >= 0.3 is 30.0 Å². The summed E-state index contributed by atoms with van der Waals surface area (Å²) in [6.45, 7) is 4.01. The van der Waals surface area contributed by atoms with Crippen LogP contribution in [-0.4, -0.2) is 68.2 Å². The highest BCUT2D eigenvalue weighted by molar-refractivity contribution is 5.89. The quantitative estimate of drug-likeness (QED) is 0.307. The molecule has 0 spiro atoms. The first-order valence-electron chi connectivity index (χ1n) is 9.49. The summed E-state index contributed by atoms with van der Waals surface area (Å²) in [4.78, 5) is 59.5. The molecule has 2 heterocycles. The molecule has 0 aromatic rings. The van der Waals surface area contributed by atoms with E-state index in [0.29, 0.717) is 6.42 Å². The second-order valence-corrected chi connectivity index (χ2v) is 7.76. The molecule has 2 saturated carbocycles. The molecule has 0 aromatic carbocycles. The maximum Gasteiger partial charge on any atom is 0.508 e. The molecule has 0 radical (unpaired) electrons. The van der Waals surface area contributed by atoms with E-state index in [1.807, 2.05) is 0 Å². The van der Waals surface area contributed by atoms with Crippen molar-refractivity contribution in [3.8, 4) is 0 Å². The minimum absolute atomic E-state index is 0.0283. The van der Waals surface area contributed by atoms with Gasteiger partial charge in [0.05, 0.1) is 11.8 Å². The van der Waals surface area contributed by atoms with Gasteiger partial charge in [0.1, 0.15) is 25.4 Å². The lowest BCUT2D eigenvalue weighted by Gasteiger charge is -2.30. The fraction of sp³-hybridized carbons (Fsp3) is 0.632. The first-order chi connectivity index (χ1) is 14.3. The van der Waals surface area contributed by atoms with Crippen molar-refractivity contribution >= 4 is 30.0 Å². The number of carbonyl (C=O) groups is 5.